The van der Waals surface area contributed by atoms with Crippen molar-refractivity contribution in [2.75, 3.05) is 13.2 Å². The average molecular weight is 723 g/mol. The summed E-state index contributed by atoms with van der Waals surface area (Å²) in [6.45, 7) is 11.5. The van der Waals surface area contributed by atoms with Gasteiger partial charge in [0.05, 0.1) is 31.5 Å². The summed E-state index contributed by atoms with van der Waals surface area (Å²) in [5.74, 6) is 2.99. The molecule has 0 radical (unpaired) electrons. The van der Waals surface area contributed by atoms with Gasteiger partial charge in [0.15, 0.2) is 18.4 Å². The van der Waals surface area contributed by atoms with E-state index in [0.29, 0.717) is 35.5 Å². The van der Waals surface area contributed by atoms with Crippen LogP contribution in [0.2, 0.25) is 0 Å². The van der Waals surface area contributed by atoms with Crippen LogP contribution in [0.5, 0.6) is 0 Å². The first kappa shape index (κ1) is 37.2. The third-order valence-electron chi connectivity index (χ3n) is 15.6. The van der Waals surface area contributed by atoms with E-state index >= 15 is 0 Å². The number of hydrogen-bond donors (Lipinski definition) is 6. The number of allylic oxidation sites excluding steroid dienone is 1. The van der Waals surface area contributed by atoms with Crippen LogP contribution in [0.4, 0.5) is 0 Å². The Morgan fingerprint density at radius 1 is 0.824 bits per heavy atom. The standard InChI is InChI=1S/C39H62O12/c1-18-8-13-39(46-17-18)19(2)28-26(51-39)15-25-23-7-6-21-14-22(9-11-37(21,4)24(23)10-12-38(25,28)5)48-36-33(45)31(43)34(27(16-40)49-36)50-35-32(44)30(42)29(41)20(3)47-35/h6,18-20,22-36,40-45H,7-17H2,1-5H3/t18-,19-,20+,22+,23-,24+,25+,26+,27-,28+,29+,30-,31-,32-,33-,34-,35+,36-,37+,38+,39+/m1/s1. The summed E-state index contributed by atoms with van der Waals surface area (Å²) in [5, 5.41) is 63.1. The molecule has 0 aromatic rings. The third-order valence-corrected chi connectivity index (χ3v) is 15.6. The molecule has 4 saturated heterocycles. The molecule has 1 spiro atoms. The van der Waals surface area contributed by atoms with E-state index in [1.54, 1.807) is 0 Å². The molecule has 8 rings (SSSR count). The second kappa shape index (κ2) is 13.5. The Morgan fingerprint density at radius 3 is 2.29 bits per heavy atom. The molecule has 51 heavy (non-hydrogen) atoms. The van der Waals surface area contributed by atoms with Gasteiger partial charge in [-0.3, -0.25) is 0 Å². The molecule has 0 amide bonds. The van der Waals surface area contributed by atoms with Crippen molar-refractivity contribution in [1.82, 2.24) is 0 Å². The lowest BCUT2D eigenvalue weighted by molar-refractivity contribution is -0.360. The van der Waals surface area contributed by atoms with E-state index in [4.69, 9.17) is 28.4 Å². The highest BCUT2D eigenvalue weighted by Crippen LogP contribution is 2.70. The normalized spacial score (nSPS) is 58.4. The van der Waals surface area contributed by atoms with E-state index in [0.717, 1.165) is 45.1 Å². The maximum absolute atomic E-state index is 11.1. The molecule has 4 aliphatic heterocycles. The fourth-order valence-corrected chi connectivity index (χ4v) is 12.6. The maximum atomic E-state index is 11.1. The van der Waals surface area contributed by atoms with Crippen molar-refractivity contribution in [3.8, 4) is 0 Å². The highest BCUT2D eigenvalue weighted by Gasteiger charge is 2.68. The van der Waals surface area contributed by atoms with Crippen LogP contribution >= 0.6 is 0 Å². The molecule has 7 fully saturated rings. The van der Waals surface area contributed by atoms with E-state index in [-0.39, 0.29) is 23.0 Å². The molecule has 21 atom stereocenters. The van der Waals surface area contributed by atoms with Gasteiger partial charge in [0.2, 0.25) is 0 Å². The summed E-state index contributed by atoms with van der Waals surface area (Å²) in [4.78, 5) is 0. The summed E-state index contributed by atoms with van der Waals surface area (Å²) >= 11 is 0. The number of rotatable bonds is 5. The Balaban J connectivity index is 0.915. The second-order valence-electron chi connectivity index (χ2n) is 18.3. The molecule has 12 heteroatoms. The van der Waals surface area contributed by atoms with Gasteiger partial charge in [0, 0.05) is 12.3 Å². The lowest BCUT2D eigenvalue weighted by atomic mass is 9.47. The SMILES string of the molecule is C[C@@H]1CC[C@]2(OC1)O[C@H]1C[C@H]3[C@@H]4CC=C5C[C@@H](O[C@@H]6O[C@H](CO)[C@@H](O[C@@H]7O[C@@H](C)[C@H](O)[C@@H](O)[C@H]7O)[C@H](O)[C@H]6O)CC[C@]5(C)[C@H]4CC[C@]3(C)[C@H]1[C@H]2C. The van der Waals surface area contributed by atoms with Gasteiger partial charge in [-0.05, 0) is 98.7 Å². The van der Waals surface area contributed by atoms with Crippen LogP contribution in [-0.4, -0.2) is 123 Å². The molecule has 0 aromatic heterocycles. The van der Waals surface area contributed by atoms with Crippen molar-refractivity contribution in [2.24, 2.45) is 46.3 Å². The van der Waals surface area contributed by atoms with Crippen molar-refractivity contribution in [3.05, 3.63) is 11.6 Å². The summed E-state index contributed by atoms with van der Waals surface area (Å²) < 4.78 is 37.1. The Labute approximate surface area is 301 Å². The fourth-order valence-electron chi connectivity index (χ4n) is 12.6. The Morgan fingerprint density at radius 2 is 1.57 bits per heavy atom. The van der Waals surface area contributed by atoms with Gasteiger partial charge in [-0.2, -0.15) is 0 Å². The van der Waals surface area contributed by atoms with Crippen LogP contribution < -0.4 is 0 Å². The monoisotopic (exact) mass is 722 g/mol. The van der Waals surface area contributed by atoms with Crippen molar-refractivity contribution in [2.45, 2.75) is 172 Å². The summed E-state index contributed by atoms with van der Waals surface area (Å²) in [6.07, 6.45) is -1.53. The van der Waals surface area contributed by atoms with E-state index in [1.807, 2.05) is 0 Å². The first-order valence-corrected chi connectivity index (χ1v) is 19.8. The number of aliphatic hydroxyl groups excluding tert-OH is 6. The fraction of sp³-hybridized carbons (Fsp3) is 0.949. The Bertz CT molecular complexity index is 1300. The zero-order chi connectivity index (χ0) is 36.2. The lowest BCUT2D eigenvalue weighted by Crippen LogP contribution is -2.64. The van der Waals surface area contributed by atoms with Crippen LogP contribution in [0.25, 0.3) is 0 Å². The number of hydrogen-bond acceptors (Lipinski definition) is 12. The first-order chi connectivity index (χ1) is 24.2. The molecule has 12 nitrogen and oxygen atoms in total. The number of ether oxygens (including phenoxy) is 6. The molecule has 8 aliphatic rings. The number of aliphatic hydroxyl groups is 6. The van der Waals surface area contributed by atoms with E-state index in [2.05, 4.69) is 33.8 Å². The number of fused-ring (bicyclic) bond motifs is 7. The first-order valence-electron chi connectivity index (χ1n) is 19.8. The second-order valence-corrected chi connectivity index (χ2v) is 18.3. The van der Waals surface area contributed by atoms with Gasteiger partial charge in [0.1, 0.15) is 42.7 Å². The highest BCUT2D eigenvalue weighted by atomic mass is 16.7. The Kier molecular flexibility index (Phi) is 9.83. The minimum absolute atomic E-state index is 0.0757. The molecular formula is C39H62O12. The van der Waals surface area contributed by atoms with Crippen molar-refractivity contribution >= 4 is 0 Å². The largest absolute Gasteiger partial charge is 0.394 e. The minimum atomic E-state index is -1.61. The van der Waals surface area contributed by atoms with Gasteiger partial charge in [-0.25, -0.2) is 0 Å². The van der Waals surface area contributed by atoms with Gasteiger partial charge >= 0.3 is 0 Å². The topological polar surface area (TPSA) is 177 Å². The van der Waals surface area contributed by atoms with Gasteiger partial charge in [-0.15, -0.1) is 0 Å². The quantitative estimate of drug-likeness (QED) is 0.229. The molecule has 0 bridgehead atoms. The van der Waals surface area contributed by atoms with Crippen LogP contribution in [0.3, 0.4) is 0 Å². The maximum Gasteiger partial charge on any atom is 0.187 e. The molecule has 0 aromatic carbocycles. The van der Waals surface area contributed by atoms with E-state index in [9.17, 15) is 30.6 Å². The average Bonchev–Trinajstić information content (AvgIpc) is 3.56. The van der Waals surface area contributed by atoms with Gasteiger partial charge in [-0.1, -0.05) is 39.3 Å². The van der Waals surface area contributed by atoms with Gasteiger partial charge < -0.3 is 59.1 Å². The van der Waals surface area contributed by atoms with Crippen LogP contribution in [0.15, 0.2) is 11.6 Å². The van der Waals surface area contributed by atoms with Gasteiger partial charge in [0.25, 0.3) is 0 Å². The molecule has 4 heterocycles. The predicted molar refractivity (Wildman–Crippen MR) is 182 cm³/mol. The molecule has 0 unspecified atom stereocenters. The zero-order valence-corrected chi connectivity index (χ0v) is 30.9. The summed E-state index contributed by atoms with van der Waals surface area (Å²) in [7, 11) is 0. The predicted octanol–water partition coefficient (Wildman–Crippen LogP) is 2.39. The lowest BCUT2D eigenvalue weighted by Gasteiger charge is -2.58. The minimum Gasteiger partial charge on any atom is -0.394 e. The van der Waals surface area contributed by atoms with Crippen molar-refractivity contribution < 1.29 is 59.1 Å². The molecule has 4 aliphatic carbocycles. The Hall–Kier alpha value is -0.740. The molecule has 3 saturated carbocycles. The molecule has 6 N–H and O–H groups in total. The third kappa shape index (κ3) is 5.84. The molecule has 290 valence electrons. The van der Waals surface area contributed by atoms with Crippen LogP contribution in [-0.2, 0) is 28.4 Å². The highest BCUT2D eigenvalue weighted by molar-refractivity contribution is 5.26. The molecular weight excluding hydrogens is 660 g/mol. The van der Waals surface area contributed by atoms with Crippen LogP contribution in [0, 0.1) is 46.3 Å². The van der Waals surface area contributed by atoms with E-state index < -0.39 is 73.8 Å². The van der Waals surface area contributed by atoms with Crippen LogP contribution in [0.1, 0.15) is 92.4 Å². The van der Waals surface area contributed by atoms with E-state index in [1.165, 1.54) is 31.8 Å². The summed E-state index contributed by atoms with van der Waals surface area (Å²) in [5.41, 5.74) is 1.75. The summed E-state index contributed by atoms with van der Waals surface area (Å²) in [6, 6.07) is 0. The smallest absolute Gasteiger partial charge is 0.187 e. The van der Waals surface area contributed by atoms with Crippen molar-refractivity contribution in [3.63, 3.8) is 0 Å². The zero-order valence-electron chi connectivity index (χ0n) is 30.9. The van der Waals surface area contributed by atoms with Crippen molar-refractivity contribution in [1.29, 1.82) is 0 Å².